The normalized spacial score (nSPS) is 19.8. The molecule has 0 aromatic heterocycles. The Labute approximate surface area is 182 Å². The minimum absolute atomic E-state index is 0.133. The van der Waals surface area contributed by atoms with Crippen LogP contribution in [0.5, 0.6) is 11.5 Å². The highest BCUT2D eigenvalue weighted by Crippen LogP contribution is 2.50. The van der Waals surface area contributed by atoms with Gasteiger partial charge in [0.1, 0.15) is 0 Å². The summed E-state index contributed by atoms with van der Waals surface area (Å²) in [6, 6.07) is 3.71. The van der Waals surface area contributed by atoms with Crippen molar-refractivity contribution in [3.05, 3.63) is 45.3 Å². The number of nitrogens with zero attached hydrogens (tertiary/aromatic N) is 1. The van der Waals surface area contributed by atoms with E-state index in [4.69, 9.17) is 21.1 Å². The van der Waals surface area contributed by atoms with Crippen molar-refractivity contribution in [3.8, 4) is 11.5 Å². The fraction of sp³-hybridized carbons (Fsp3) is 0.500. The summed E-state index contributed by atoms with van der Waals surface area (Å²) in [4.78, 5) is 28.5. The molecule has 2 aliphatic carbocycles. The first-order chi connectivity index (χ1) is 14.5. The number of ether oxygens (including phenoxy) is 2. The van der Waals surface area contributed by atoms with Gasteiger partial charge < -0.3 is 14.4 Å². The first-order valence-corrected chi connectivity index (χ1v) is 11.2. The van der Waals surface area contributed by atoms with Gasteiger partial charge in [0.15, 0.2) is 23.1 Å². The molecule has 160 valence electrons. The Bertz CT molecular complexity index is 918. The van der Waals surface area contributed by atoms with Crippen LogP contribution in [-0.4, -0.2) is 36.7 Å². The van der Waals surface area contributed by atoms with Crippen molar-refractivity contribution in [2.45, 2.75) is 58.3 Å². The molecule has 4 rings (SSSR count). The molecule has 0 unspecified atom stereocenters. The number of carbonyl (C=O) groups excluding carboxylic acids is 2. The number of Topliss-reactive ketones (excluding diaryl/α,β-unsaturated/α-hetero) is 2. The van der Waals surface area contributed by atoms with E-state index in [0.29, 0.717) is 36.0 Å². The van der Waals surface area contributed by atoms with Crippen molar-refractivity contribution >= 4 is 23.2 Å². The van der Waals surface area contributed by atoms with Gasteiger partial charge in [-0.3, -0.25) is 9.59 Å². The molecule has 5 nitrogen and oxygen atoms in total. The lowest BCUT2D eigenvalue weighted by Gasteiger charge is -2.43. The first kappa shape index (κ1) is 21.0. The van der Waals surface area contributed by atoms with Gasteiger partial charge in [-0.25, -0.2) is 0 Å². The SMILES string of the molecule is CCOc1c(Cl)cc(C2C3=C(CCCC3=O)N(CC)C3=C2C(=O)CCC3)cc1OC. The summed E-state index contributed by atoms with van der Waals surface area (Å²) >= 11 is 6.57. The highest BCUT2D eigenvalue weighted by molar-refractivity contribution is 6.32. The summed E-state index contributed by atoms with van der Waals surface area (Å²) in [7, 11) is 1.57. The van der Waals surface area contributed by atoms with Gasteiger partial charge in [0, 0.05) is 47.8 Å². The smallest absolute Gasteiger partial charge is 0.179 e. The Kier molecular flexibility index (Phi) is 5.92. The van der Waals surface area contributed by atoms with Gasteiger partial charge in [-0.15, -0.1) is 0 Å². The van der Waals surface area contributed by atoms with Crippen molar-refractivity contribution in [1.82, 2.24) is 4.90 Å². The molecule has 1 heterocycles. The molecule has 0 radical (unpaired) electrons. The van der Waals surface area contributed by atoms with Crippen LogP contribution in [0.15, 0.2) is 34.7 Å². The minimum Gasteiger partial charge on any atom is -0.493 e. The summed E-state index contributed by atoms with van der Waals surface area (Å²) in [6.07, 6.45) is 4.46. The predicted octanol–water partition coefficient (Wildman–Crippen LogP) is 5.18. The summed E-state index contributed by atoms with van der Waals surface area (Å²) in [5.41, 5.74) is 4.51. The zero-order valence-electron chi connectivity index (χ0n) is 17.8. The maximum Gasteiger partial charge on any atom is 0.179 e. The van der Waals surface area contributed by atoms with Gasteiger partial charge in [0.2, 0.25) is 0 Å². The Morgan fingerprint density at radius 3 is 2.10 bits per heavy atom. The van der Waals surface area contributed by atoms with Gasteiger partial charge in [-0.1, -0.05) is 11.6 Å². The number of rotatable bonds is 5. The first-order valence-electron chi connectivity index (χ1n) is 10.8. The monoisotopic (exact) mass is 429 g/mol. The van der Waals surface area contributed by atoms with E-state index in [0.717, 1.165) is 60.3 Å². The van der Waals surface area contributed by atoms with Gasteiger partial charge in [-0.05, 0) is 57.2 Å². The second-order valence-corrected chi connectivity index (χ2v) is 8.33. The van der Waals surface area contributed by atoms with Crippen molar-refractivity contribution in [3.63, 3.8) is 0 Å². The minimum atomic E-state index is -0.388. The summed E-state index contributed by atoms with van der Waals surface area (Å²) in [6.45, 7) is 5.20. The fourth-order valence-electron chi connectivity index (χ4n) is 5.12. The van der Waals surface area contributed by atoms with Crippen LogP contribution < -0.4 is 9.47 Å². The number of allylic oxidation sites excluding steroid dienone is 4. The van der Waals surface area contributed by atoms with Crippen molar-refractivity contribution in [2.75, 3.05) is 20.3 Å². The predicted molar refractivity (Wildman–Crippen MR) is 116 cm³/mol. The van der Waals surface area contributed by atoms with Crippen LogP contribution in [0, 0.1) is 0 Å². The summed E-state index contributed by atoms with van der Waals surface area (Å²) in [5.74, 6) is 0.889. The van der Waals surface area contributed by atoms with Crippen molar-refractivity contribution < 1.29 is 19.1 Å². The van der Waals surface area contributed by atoms with Crippen molar-refractivity contribution in [1.29, 1.82) is 0 Å². The third-order valence-electron chi connectivity index (χ3n) is 6.28. The second-order valence-electron chi connectivity index (χ2n) is 7.92. The lowest BCUT2D eigenvalue weighted by atomic mass is 9.71. The van der Waals surface area contributed by atoms with Crippen LogP contribution in [0.2, 0.25) is 5.02 Å². The van der Waals surface area contributed by atoms with Crippen LogP contribution in [-0.2, 0) is 9.59 Å². The van der Waals surface area contributed by atoms with E-state index in [1.165, 1.54) is 0 Å². The Balaban J connectivity index is 1.96. The summed E-state index contributed by atoms with van der Waals surface area (Å²) in [5, 5.41) is 0.430. The topological polar surface area (TPSA) is 55.8 Å². The van der Waals surface area contributed by atoms with Crippen molar-refractivity contribution in [2.24, 2.45) is 0 Å². The zero-order chi connectivity index (χ0) is 21.4. The number of hydrogen-bond donors (Lipinski definition) is 0. The molecule has 3 aliphatic rings. The largest absolute Gasteiger partial charge is 0.493 e. The molecule has 0 spiro atoms. The molecule has 6 heteroatoms. The van der Waals surface area contributed by atoms with Gasteiger partial charge in [-0.2, -0.15) is 0 Å². The maximum atomic E-state index is 13.2. The standard InChI is InChI=1S/C24H28ClNO4/c1-4-26-16-8-6-10-18(27)22(16)21(23-17(26)9-7-11-19(23)28)14-12-15(25)24(30-5-2)20(13-14)29-3/h12-13,21H,4-11H2,1-3H3. The number of halogens is 1. The molecule has 1 aliphatic heterocycles. The van der Waals surface area contributed by atoms with Crippen LogP contribution in [0.4, 0.5) is 0 Å². The highest BCUT2D eigenvalue weighted by atomic mass is 35.5. The molecule has 0 saturated heterocycles. The van der Waals surface area contributed by atoms with E-state index in [-0.39, 0.29) is 17.5 Å². The molecule has 0 N–H and O–H groups in total. The Hall–Kier alpha value is -2.27. The fourth-order valence-corrected chi connectivity index (χ4v) is 5.40. The van der Waals surface area contributed by atoms with E-state index in [9.17, 15) is 9.59 Å². The molecule has 0 fully saturated rings. The molecular formula is C24H28ClNO4. The lowest BCUT2D eigenvalue weighted by Crippen LogP contribution is -2.39. The number of ketones is 2. The number of benzene rings is 1. The number of methoxy groups -OCH3 is 1. The molecule has 1 aromatic carbocycles. The van der Waals surface area contributed by atoms with Gasteiger partial charge >= 0.3 is 0 Å². The quantitative estimate of drug-likeness (QED) is 0.645. The van der Waals surface area contributed by atoms with Crippen LogP contribution in [0.1, 0.15) is 63.9 Å². The van der Waals surface area contributed by atoms with E-state index in [1.54, 1.807) is 7.11 Å². The number of carbonyl (C=O) groups is 2. The average Bonchev–Trinajstić information content (AvgIpc) is 2.74. The number of hydrogen-bond acceptors (Lipinski definition) is 5. The molecular weight excluding hydrogens is 402 g/mol. The maximum absolute atomic E-state index is 13.2. The molecule has 0 bridgehead atoms. The van der Waals surface area contributed by atoms with Gasteiger partial charge in [0.05, 0.1) is 18.7 Å². The molecule has 0 atom stereocenters. The molecule has 0 amide bonds. The third kappa shape index (κ3) is 3.33. The second kappa shape index (κ2) is 8.46. The zero-order valence-corrected chi connectivity index (χ0v) is 18.6. The highest BCUT2D eigenvalue weighted by Gasteiger charge is 2.43. The average molecular weight is 430 g/mol. The van der Waals surface area contributed by atoms with E-state index in [2.05, 4.69) is 11.8 Å². The molecule has 0 saturated carbocycles. The van der Waals surface area contributed by atoms with Crippen LogP contribution >= 0.6 is 11.6 Å². The Morgan fingerprint density at radius 2 is 1.60 bits per heavy atom. The lowest BCUT2D eigenvalue weighted by molar-refractivity contribution is -0.117. The third-order valence-corrected chi connectivity index (χ3v) is 6.56. The van der Waals surface area contributed by atoms with Crippen LogP contribution in [0.25, 0.3) is 0 Å². The van der Waals surface area contributed by atoms with E-state index < -0.39 is 0 Å². The molecule has 30 heavy (non-hydrogen) atoms. The van der Waals surface area contributed by atoms with E-state index >= 15 is 0 Å². The van der Waals surface area contributed by atoms with Crippen LogP contribution in [0.3, 0.4) is 0 Å². The van der Waals surface area contributed by atoms with Gasteiger partial charge in [0.25, 0.3) is 0 Å². The summed E-state index contributed by atoms with van der Waals surface area (Å²) < 4.78 is 11.2. The molecule has 1 aromatic rings. The Morgan fingerprint density at radius 1 is 1.00 bits per heavy atom. The van der Waals surface area contributed by atoms with E-state index in [1.807, 2.05) is 19.1 Å².